The van der Waals surface area contributed by atoms with Crippen LogP contribution in [-0.4, -0.2) is 47.6 Å². The van der Waals surface area contributed by atoms with Gasteiger partial charge >= 0.3 is 0 Å². The second-order valence-corrected chi connectivity index (χ2v) is 7.00. The fraction of sp³-hybridized carbons (Fsp3) is 0.706. The lowest BCUT2D eigenvalue weighted by molar-refractivity contribution is -0.123. The van der Waals surface area contributed by atoms with Crippen molar-refractivity contribution in [1.82, 2.24) is 20.6 Å². The summed E-state index contributed by atoms with van der Waals surface area (Å²) in [5, 5.41) is 6.40. The van der Waals surface area contributed by atoms with Gasteiger partial charge in [-0.15, -0.1) is 0 Å². The lowest BCUT2D eigenvalue weighted by atomic mass is 10.0. The molecule has 2 aliphatic carbocycles. The molecule has 6 nitrogen and oxygen atoms in total. The van der Waals surface area contributed by atoms with Crippen LogP contribution in [0.4, 0.5) is 5.95 Å². The van der Waals surface area contributed by atoms with E-state index in [2.05, 4.69) is 26.6 Å². The molecule has 0 radical (unpaired) electrons. The highest BCUT2D eigenvalue weighted by atomic mass is 16.2. The van der Waals surface area contributed by atoms with E-state index in [1.54, 1.807) is 0 Å². The molecular weight excluding hydrogens is 290 g/mol. The van der Waals surface area contributed by atoms with Gasteiger partial charge in [0.25, 0.3) is 0 Å². The van der Waals surface area contributed by atoms with Crippen molar-refractivity contribution in [1.29, 1.82) is 0 Å². The molecule has 0 aromatic carbocycles. The maximum absolute atomic E-state index is 12.3. The van der Waals surface area contributed by atoms with Gasteiger partial charge in [-0.25, -0.2) is 9.97 Å². The minimum atomic E-state index is -0.164. The fourth-order valence-electron chi connectivity index (χ4n) is 3.60. The van der Waals surface area contributed by atoms with Gasteiger partial charge in [-0.1, -0.05) is 12.8 Å². The molecule has 1 aromatic rings. The van der Waals surface area contributed by atoms with Gasteiger partial charge in [-0.05, 0) is 31.7 Å². The Labute approximate surface area is 137 Å². The van der Waals surface area contributed by atoms with E-state index >= 15 is 0 Å². The number of piperazine rings is 1. The molecule has 1 amide bonds. The minimum absolute atomic E-state index is 0.115. The van der Waals surface area contributed by atoms with Gasteiger partial charge < -0.3 is 15.5 Å². The first-order valence-electron chi connectivity index (χ1n) is 8.91. The normalized spacial score (nSPS) is 25.6. The Balaban J connectivity index is 1.44. The molecule has 124 valence electrons. The summed E-state index contributed by atoms with van der Waals surface area (Å²) in [5.74, 6) is 1.48. The highest BCUT2D eigenvalue weighted by molar-refractivity contribution is 5.83. The molecule has 1 aliphatic heterocycles. The van der Waals surface area contributed by atoms with Gasteiger partial charge in [0.2, 0.25) is 11.9 Å². The van der Waals surface area contributed by atoms with Gasteiger partial charge in [-0.3, -0.25) is 4.79 Å². The van der Waals surface area contributed by atoms with E-state index < -0.39 is 0 Å². The molecule has 1 saturated heterocycles. The number of nitrogens with zero attached hydrogens (tertiary/aromatic N) is 3. The molecule has 3 fully saturated rings. The summed E-state index contributed by atoms with van der Waals surface area (Å²) in [7, 11) is 0. The van der Waals surface area contributed by atoms with Crippen LogP contribution in [0.1, 0.15) is 50.1 Å². The molecule has 2 heterocycles. The Morgan fingerprint density at radius 2 is 2.09 bits per heavy atom. The van der Waals surface area contributed by atoms with Crippen LogP contribution in [-0.2, 0) is 4.79 Å². The Bertz CT molecular complexity index is 568. The molecular formula is C17H25N5O. The molecule has 2 saturated carbocycles. The van der Waals surface area contributed by atoms with E-state index in [1.807, 2.05) is 6.20 Å². The summed E-state index contributed by atoms with van der Waals surface area (Å²) in [5.41, 5.74) is 1.17. The third-order valence-corrected chi connectivity index (χ3v) is 5.14. The topological polar surface area (TPSA) is 70.2 Å². The molecule has 23 heavy (non-hydrogen) atoms. The Morgan fingerprint density at radius 3 is 2.87 bits per heavy atom. The van der Waals surface area contributed by atoms with Crippen molar-refractivity contribution in [3.63, 3.8) is 0 Å². The van der Waals surface area contributed by atoms with E-state index in [0.29, 0.717) is 18.5 Å². The summed E-state index contributed by atoms with van der Waals surface area (Å²) in [6, 6.07) is 2.30. The summed E-state index contributed by atoms with van der Waals surface area (Å²) < 4.78 is 0. The van der Waals surface area contributed by atoms with E-state index in [4.69, 9.17) is 4.98 Å². The van der Waals surface area contributed by atoms with Gasteiger partial charge in [0.15, 0.2) is 0 Å². The van der Waals surface area contributed by atoms with Crippen LogP contribution in [0.25, 0.3) is 0 Å². The fourth-order valence-corrected chi connectivity index (χ4v) is 3.60. The molecule has 6 heteroatoms. The van der Waals surface area contributed by atoms with E-state index in [0.717, 1.165) is 31.9 Å². The number of carbonyl (C=O) groups is 1. The third kappa shape index (κ3) is 3.47. The summed E-state index contributed by atoms with van der Waals surface area (Å²) in [4.78, 5) is 23.7. The highest BCUT2D eigenvalue weighted by Crippen LogP contribution is 2.33. The number of carbonyl (C=O) groups excluding carboxylic acids is 1. The molecule has 1 unspecified atom stereocenters. The smallest absolute Gasteiger partial charge is 0.239 e. The van der Waals surface area contributed by atoms with Crippen LogP contribution >= 0.6 is 0 Å². The molecule has 2 N–H and O–H groups in total. The van der Waals surface area contributed by atoms with Crippen molar-refractivity contribution in [2.75, 3.05) is 24.5 Å². The number of nitrogens with one attached hydrogen (secondary N) is 2. The predicted molar refractivity (Wildman–Crippen MR) is 88.4 cm³/mol. The number of hydrogen-bond donors (Lipinski definition) is 2. The maximum Gasteiger partial charge on any atom is 0.239 e. The monoisotopic (exact) mass is 315 g/mol. The molecule has 4 rings (SSSR count). The van der Waals surface area contributed by atoms with Crippen molar-refractivity contribution < 1.29 is 4.79 Å². The van der Waals surface area contributed by atoms with Crippen molar-refractivity contribution in [2.45, 2.75) is 56.5 Å². The van der Waals surface area contributed by atoms with Crippen molar-refractivity contribution >= 4 is 11.9 Å². The molecule has 0 spiro atoms. The van der Waals surface area contributed by atoms with Gasteiger partial charge in [-0.2, -0.15) is 0 Å². The highest BCUT2D eigenvalue weighted by Gasteiger charge is 2.31. The number of aromatic nitrogens is 2. The molecule has 1 aromatic heterocycles. The van der Waals surface area contributed by atoms with Gasteiger partial charge in [0, 0.05) is 43.5 Å². The lowest BCUT2D eigenvalue weighted by Crippen LogP contribution is -2.57. The first-order valence-corrected chi connectivity index (χ1v) is 8.91. The van der Waals surface area contributed by atoms with Crippen LogP contribution in [0.2, 0.25) is 0 Å². The Kier molecular flexibility index (Phi) is 4.16. The van der Waals surface area contributed by atoms with E-state index in [1.165, 1.54) is 31.4 Å². The van der Waals surface area contributed by atoms with Crippen LogP contribution in [0, 0.1) is 0 Å². The first-order chi connectivity index (χ1) is 11.3. The van der Waals surface area contributed by atoms with Crippen LogP contribution in [0.15, 0.2) is 12.3 Å². The average Bonchev–Trinajstić information content (AvgIpc) is 3.24. The Hall–Kier alpha value is -1.69. The van der Waals surface area contributed by atoms with Crippen molar-refractivity contribution in [3.05, 3.63) is 18.0 Å². The zero-order valence-electron chi connectivity index (χ0n) is 13.5. The second-order valence-electron chi connectivity index (χ2n) is 7.00. The quantitative estimate of drug-likeness (QED) is 0.873. The van der Waals surface area contributed by atoms with Crippen molar-refractivity contribution in [2.24, 2.45) is 0 Å². The van der Waals surface area contributed by atoms with Crippen molar-refractivity contribution in [3.8, 4) is 0 Å². The zero-order valence-corrected chi connectivity index (χ0v) is 13.5. The zero-order chi connectivity index (χ0) is 15.6. The lowest BCUT2D eigenvalue weighted by Gasteiger charge is -2.33. The van der Waals surface area contributed by atoms with Crippen LogP contribution in [0.5, 0.6) is 0 Å². The van der Waals surface area contributed by atoms with E-state index in [-0.39, 0.29) is 11.9 Å². The number of anilines is 1. The summed E-state index contributed by atoms with van der Waals surface area (Å²) in [6.07, 6.45) is 9.21. The largest absolute Gasteiger partial charge is 0.352 e. The SMILES string of the molecule is O=C(NC1CC1)C1CN(c2nccc(C3CCCC3)n2)CCN1. The number of hydrogen-bond acceptors (Lipinski definition) is 5. The first kappa shape index (κ1) is 14.9. The maximum atomic E-state index is 12.3. The average molecular weight is 315 g/mol. The van der Waals surface area contributed by atoms with Gasteiger partial charge in [0.05, 0.1) is 0 Å². The standard InChI is InChI=1S/C17H25N5O/c23-16(20-13-5-6-13)15-11-22(10-9-18-15)17-19-8-7-14(21-17)12-3-1-2-4-12/h7-8,12-13,15,18H,1-6,9-11H2,(H,20,23). The third-order valence-electron chi connectivity index (χ3n) is 5.14. The van der Waals surface area contributed by atoms with Gasteiger partial charge in [0.1, 0.15) is 6.04 Å². The van der Waals surface area contributed by atoms with Crippen LogP contribution < -0.4 is 15.5 Å². The molecule has 1 atom stereocenters. The molecule has 0 bridgehead atoms. The molecule has 3 aliphatic rings. The predicted octanol–water partition coefficient (Wildman–Crippen LogP) is 1.19. The summed E-state index contributed by atoms with van der Waals surface area (Å²) >= 11 is 0. The Morgan fingerprint density at radius 1 is 1.26 bits per heavy atom. The second kappa shape index (κ2) is 6.43. The van der Waals surface area contributed by atoms with Crippen LogP contribution in [0.3, 0.4) is 0 Å². The number of amides is 1. The summed E-state index contributed by atoms with van der Waals surface area (Å²) in [6.45, 7) is 2.29. The number of rotatable bonds is 4. The minimum Gasteiger partial charge on any atom is -0.352 e. The van der Waals surface area contributed by atoms with E-state index in [9.17, 15) is 4.79 Å².